The molecule has 0 aliphatic carbocycles. The number of benzene rings is 2. The maximum absolute atomic E-state index is 14.6. The number of halogens is 3. The van der Waals surface area contributed by atoms with Gasteiger partial charge >= 0.3 is 6.09 Å². The Labute approximate surface area is 196 Å². The van der Waals surface area contributed by atoms with Gasteiger partial charge in [-0.05, 0) is 18.5 Å². The van der Waals surface area contributed by atoms with Crippen molar-refractivity contribution in [3.63, 3.8) is 0 Å². The number of carbonyl (C=O) groups excluding carboxylic acids is 2. The molecule has 33 heavy (non-hydrogen) atoms. The predicted octanol–water partition coefficient (Wildman–Crippen LogP) is 2.24. The lowest BCUT2D eigenvalue weighted by Crippen LogP contribution is -2.48. The van der Waals surface area contributed by atoms with Crippen LogP contribution in [0.5, 0.6) is 5.75 Å². The van der Waals surface area contributed by atoms with Gasteiger partial charge in [-0.25, -0.2) is 23.4 Å². The van der Waals surface area contributed by atoms with E-state index in [2.05, 4.69) is 0 Å². The van der Waals surface area contributed by atoms with Crippen molar-refractivity contribution in [3.05, 3.63) is 64.5 Å². The van der Waals surface area contributed by atoms with E-state index in [0.717, 1.165) is 18.2 Å². The lowest BCUT2D eigenvalue weighted by atomic mass is 10.1. The Bertz CT molecular complexity index is 1370. The molecule has 12 heteroatoms. The maximum atomic E-state index is 14.6. The minimum Gasteiger partial charge on any atom is -0.483 e. The topological polar surface area (TPSA) is 132 Å². The fraction of sp³-hybridized carbons (Fsp3) is 0.238. The molecular formula is C21H19F3N4O5. The smallest absolute Gasteiger partial charge is 0.423 e. The number of nitrogens with zero attached hydrogens (tertiary/aromatic N) is 2. The first kappa shape index (κ1) is 16.4. The predicted molar refractivity (Wildman–Crippen MR) is 107 cm³/mol. The van der Waals surface area contributed by atoms with Crippen molar-refractivity contribution in [1.29, 1.82) is 5.26 Å². The van der Waals surface area contributed by atoms with Gasteiger partial charge in [-0.3, -0.25) is 15.0 Å². The molecule has 0 heterocycles. The number of amides is 3. The first-order valence-electron chi connectivity index (χ1n) is 12.2. The Kier molecular flexibility index (Phi) is 5.65. The molecule has 0 spiro atoms. The molecule has 0 saturated heterocycles. The van der Waals surface area contributed by atoms with E-state index < -0.39 is 79.5 Å². The molecule has 0 unspecified atom stereocenters. The van der Waals surface area contributed by atoms with E-state index in [-0.39, 0.29) is 23.3 Å². The van der Waals surface area contributed by atoms with E-state index in [1.165, 1.54) is 5.43 Å². The summed E-state index contributed by atoms with van der Waals surface area (Å²) in [5, 5.41) is 17.5. The molecule has 2 rings (SSSR count). The molecular weight excluding hydrogens is 445 g/mol. The van der Waals surface area contributed by atoms with E-state index in [4.69, 9.17) is 24.7 Å². The third-order valence-corrected chi connectivity index (χ3v) is 3.87. The van der Waals surface area contributed by atoms with E-state index in [1.807, 2.05) is 0 Å². The average Bonchev–Trinajstić information content (AvgIpc) is 2.81. The zero-order valence-electron chi connectivity index (χ0n) is 23.4. The normalized spacial score (nSPS) is 14.5. The van der Waals surface area contributed by atoms with Gasteiger partial charge in [-0.1, -0.05) is 12.9 Å². The van der Waals surface area contributed by atoms with Crippen molar-refractivity contribution in [2.45, 2.75) is 19.8 Å². The van der Waals surface area contributed by atoms with Crippen LogP contribution in [0.4, 0.5) is 18.0 Å². The Hall–Kier alpha value is -4.27. The van der Waals surface area contributed by atoms with Crippen molar-refractivity contribution >= 4 is 17.9 Å². The van der Waals surface area contributed by atoms with Crippen LogP contribution in [0.1, 0.15) is 33.1 Å². The van der Waals surface area contributed by atoms with Gasteiger partial charge in [0.15, 0.2) is 6.56 Å². The largest absolute Gasteiger partial charge is 0.483 e. The molecule has 0 saturated carbocycles. The van der Waals surface area contributed by atoms with E-state index in [1.54, 1.807) is 11.5 Å². The monoisotopic (exact) mass is 471 g/mol. The zero-order chi connectivity index (χ0) is 30.6. The second kappa shape index (κ2) is 11.4. The van der Waals surface area contributed by atoms with Crippen LogP contribution in [0.25, 0.3) is 0 Å². The second-order valence-corrected chi connectivity index (χ2v) is 6.15. The molecule has 0 aliphatic rings. The summed E-state index contributed by atoms with van der Waals surface area (Å²) >= 11 is 0. The van der Waals surface area contributed by atoms with Gasteiger partial charge in [-0.2, -0.15) is 5.26 Å². The number of hydrogen-bond donors (Lipinski definition) is 3. The molecule has 0 aromatic heterocycles. The second-order valence-electron chi connectivity index (χ2n) is 6.15. The number of carbonyl (C=O) groups is 3. The molecule has 2 aromatic carbocycles. The molecule has 0 radical (unpaired) electrons. The fourth-order valence-electron chi connectivity index (χ4n) is 2.40. The van der Waals surface area contributed by atoms with Crippen LogP contribution in [-0.2, 0) is 22.5 Å². The molecule has 3 amide bonds. The minimum atomic E-state index is -3.69. The number of ether oxygens (including phenoxy) is 1. The van der Waals surface area contributed by atoms with Crippen LogP contribution in [-0.4, -0.2) is 41.0 Å². The van der Waals surface area contributed by atoms with Crippen LogP contribution in [0.3, 0.4) is 0 Å². The minimum absolute atomic E-state index is 0.114. The summed E-state index contributed by atoms with van der Waals surface area (Å²) in [7, 11) is 0. The highest BCUT2D eigenvalue weighted by Crippen LogP contribution is 2.24. The van der Waals surface area contributed by atoms with Gasteiger partial charge < -0.3 is 14.7 Å². The van der Waals surface area contributed by atoms with Crippen molar-refractivity contribution in [2.75, 3.05) is 13.1 Å². The van der Waals surface area contributed by atoms with Crippen LogP contribution in [0.2, 0.25) is 0 Å². The molecule has 0 fully saturated rings. The first-order valence-corrected chi connectivity index (χ1v) is 8.74. The van der Waals surface area contributed by atoms with Gasteiger partial charge in [0.2, 0.25) is 0 Å². The van der Waals surface area contributed by atoms with E-state index >= 15 is 0 Å². The molecule has 3 N–H and O–H groups in total. The van der Waals surface area contributed by atoms with E-state index in [0.29, 0.717) is 4.90 Å². The highest BCUT2D eigenvalue weighted by atomic mass is 19.1. The Morgan fingerprint density at radius 1 is 1.21 bits per heavy atom. The van der Waals surface area contributed by atoms with Crippen molar-refractivity contribution in [1.82, 2.24) is 15.8 Å². The third-order valence-electron chi connectivity index (χ3n) is 3.87. The lowest BCUT2D eigenvalue weighted by molar-refractivity contribution is -0.138. The van der Waals surface area contributed by atoms with Crippen molar-refractivity contribution in [2.24, 2.45) is 0 Å². The number of carboxylic acid groups (broad SMARTS) is 1. The molecule has 0 aliphatic heterocycles. The number of nitrogens with one attached hydrogen (secondary N) is 2. The Balaban J connectivity index is 2.52. The molecule has 2 aromatic rings. The maximum Gasteiger partial charge on any atom is 0.423 e. The van der Waals surface area contributed by atoms with E-state index in [9.17, 15) is 27.6 Å². The summed E-state index contributed by atoms with van der Waals surface area (Å²) in [6, 6.07) is 4.95. The fourth-order valence-corrected chi connectivity index (χ4v) is 2.40. The van der Waals surface area contributed by atoms with Crippen LogP contribution in [0, 0.1) is 28.8 Å². The molecule has 0 atom stereocenters. The van der Waals surface area contributed by atoms with Crippen LogP contribution >= 0.6 is 0 Å². The van der Waals surface area contributed by atoms with Crippen molar-refractivity contribution < 1.29 is 47.0 Å². The third kappa shape index (κ3) is 7.13. The molecule has 174 valence electrons. The summed E-state index contributed by atoms with van der Waals surface area (Å²) < 4.78 is 102. The van der Waals surface area contributed by atoms with Gasteiger partial charge in [0, 0.05) is 36.7 Å². The summed E-state index contributed by atoms with van der Waals surface area (Å²) in [4.78, 5) is 36.3. The molecule has 0 bridgehead atoms. The van der Waals surface area contributed by atoms with Gasteiger partial charge in [-0.15, -0.1) is 0 Å². The summed E-state index contributed by atoms with van der Waals surface area (Å²) in [5.74, 6) is -8.66. The number of nitriles is 1. The lowest BCUT2D eigenvalue weighted by Gasteiger charge is -2.23. The standard InChI is InChI=1S/C21H19F3N4O5/c1-2-15-17(24)6-14(22)7-18(15)33-11-20(30)28(10-19(29)26-27-21(31)32)9-13-4-3-12(8-25)5-16(13)23/h3-7,27H,2,9-11H2,1H3,(H,26,29)(H,31,32)/i1D3,2D2,11D2. The highest BCUT2D eigenvalue weighted by molar-refractivity contribution is 5.86. The van der Waals surface area contributed by atoms with Crippen LogP contribution in [0.15, 0.2) is 30.3 Å². The Morgan fingerprint density at radius 3 is 2.61 bits per heavy atom. The quantitative estimate of drug-likeness (QED) is 0.506. The summed E-state index contributed by atoms with van der Waals surface area (Å²) in [6.45, 7) is -9.26. The Morgan fingerprint density at radius 2 is 1.97 bits per heavy atom. The van der Waals surface area contributed by atoms with Crippen LogP contribution < -0.4 is 15.6 Å². The number of rotatable bonds is 8. The summed E-state index contributed by atoms with van der Waals surface area (Å²) in [6.07, 6.45) is -5.28. The van der Waals surface area contributed by atoms with Gasteiger partial charge in [0.1, 0.15) is 29.7 Å². The van der Waals surface area contributed by atoms with Gasteiger partial charge in [0.25, 0.3) is 11.8 Å². The highest BCUT2D eigenvalue weighted by Gasteiger charge is 2.21. The average molecular weight is 471 g/mol. The number of hydrogen-bond acceptors (Lipinski definition) is 5. The number of hydrazine groups is 1. The van der Waals surface area contributed by atoms with Gasteiger partial charge in [0.05, 0.1) is 14.4 Å². The molecule has 9 nitrogen and oxygen atoms in total. The SMILES string of the molecule is [2H]C([2H])(Oc1cc(F)cc(F)c1C([2H])([2H])C([2H])([2H])[2H])C(=O)N(CC(=O)NNC(=O)O)Cc1ccc(C#N)cc1F. The zero-order valence-corrected chi connectivity index (χ0v) is 16.4. The van der Waals surface area contributed by atoms with Crippen molar-refractivity contribution in [3.8, 4) is 11.8 Å². The first-order chi connectivity index (χ1) is 18.3. The summed E-state index contributed by atoms with van der Waals surface area (Å²) in [5.41, 5.74) is 1.23.